The van der Waals surface area contributed by atoms with Crippen molar-refractivity contribution in [2.75, 3.05) is 18.4 Å². The van der Waals surface area contributed by atoms with Crippen LogP contribution in [0.5, 0.6) is 0 Å². The molecule has 2 heterocycles. The van der Waals surface area contributed by atoms with E-state index in [1.807, 2.05) is 0 Å². The van der Waals surface area contributed by atoms with Crippen LogP contribution in [0.1, 0.15) is 41.8 Å². The van der Waals surface area contributed by atoms with Crippen molar-refractivity contribution in [1.29, 1.82) is 0 Å². The lowest BCUT2D eigenvalue weighted by atomic mass is 10.2. The van der Waals surface area contributed by atoms with Gasteiger partial charge in [0.1, 0.15) is 0 Å². The molecule has 1 amide bonds. The van der Waals surface area contributed by atoms with Crippen LogP contribution in [0.2, 0.25) is 0 Å². The number of carbonyl (C=O) groups excluding carboxylic acids is 1. The molecule has 7 nitrogen and oxygen atoms in total. The second-order valence-electron chi connectivity index (χ2n) is 6.27. The summed E-state index contributed by atoms with van der Waals surface area (Å²) >= 11 is 0. The minimum absolute atomic E-state index is 0.214. The molecule has 1 aromatic carbocycles. The van der Waals surface area contributed by atoms with Gasteiger partial charge in [0.2, 0.25) is 0 Å². The van der Waals surface area contributed by atoms with Gasteiger partial charge in [-0.1, -0.05) is 25.0 Å². The summed E-state index contributed by atoms with van der Waals surface area (Å²) in [5.41, 5.74) is 1.44. The van der Waals surface area contributed by atoms with Gasteiger partial charge in [0.25, 0.3) is 16.1 Å². The number of hydrogen-bond acceptors (Lipinski definition) is 4. The van der Waals surface area contributed by atoms with Crippen molar-refractivity contribution in [2.24, 2.45) is 0 Å². The van der Waals surface area contributed by atoms with Gasteiger partial charge in [-0.25, -0.2) is 0 Å². The van der Waals surface area contributed by atoms with Crippen LogP contribution in [-0.2, 0) is 16.8 Å². The van der Waals surface area contributed by atoms with Gasteiger partial charge < -0.3 is 9.73 Å². The van der Waals surface area contributed by atoms with Crippen LogP contribution in [0, 0.1) is 0 Å². The fourth-order valence-electron chi connectivity index (χ4n) is 2.85. The molecule has 1 aliphatic heterocycles. The van der Waals surface area contributed by atoms with Crippen LogP contribution in [0.25, 0.3) is 0 Å². The molecule has 0 atom stereocenters. The molecule has 2 N–H and O–H groups in total. The van der Waals surface area contributed by atoms with Crippen molar-refractivity contribution >= 4 is 21.8 Å². The standard InChI is InChI=1S/C18H23N3O4S/c22-18(17-6-5-13-25-17)20-16-9-7-15(8-10-16)14-19-26(23,24)21-11-3-1-2-4-12-21/h5-10,13,19H,1-4,11-12,14H2,(H,20,22). The van der Waals surface area contributed by atoms with Gasteiger partial charge in [0, 0.05) is 25.3 Å². The number of rotatable bonds is 6. The van der Waals surface area contributed by atoms with Gasteiger partial charge in [0.05, 0.1) is 6.26 Å². The van der Waals surface area contributed by atoms with Gasteiger partial charge in [-0.2, -0.15) is 17.4 Å². The Hall–Kier alpha value is -2.16. The Morgan fingerprint density at radius 2 is 1.73 bits per heavy atom. The Morgan fingerprint density at radius 3 is 2.35 bits per heavy atom. The molecule has 140 valence electrons. The zero-order chi connectivity index (χ0) is 18.4. The summed E-state index contributed by atoms with van der Waals surface area (Å²) in [6.07, 6.45) is 5.42. The second-order valence-corrected chi connectivity index (χ2v) is 8.02. The Kier molecular flexibility index (Phi) is 6.08. The third kappa shape index (κ3) is 4.94. The number of benzene rings is 1. The molecule has 0 spiro atoms. The number of hydrogen-bond donors (Lipinski definition) is 2. The number of amides is 1. The number of nitrogens with zero attached hydrogens (tertiary/aromatic N) is 1. The van der Waals surface area contributed by atoms with E-state index < -0.39 is 10.2 Å². The fraction of sp³-hybridized carbons (Fsp3) is 0.389. The lowest BCUT2D eigenvalue weighted by Crippen LogP contribution is -2.40. The molecule has 0 radical (unpaired) electrons. The summed E-state index contributed by atoms with van der Waals surface area (Å²) in [5.74, 6) is -0.0936. The van der Waals surface area contributed by atoms with Gasteiger partial charge in [-0.3, -0.25) is 4.79 Å². The largest absolute Gasteiger partial charge is 0.459 e. The van der Waals surface area contributed by atoms with E-state index in [2.05, 4.69) is 10.0 Å². The van der Waals surface area contributed by atoms with Gasteiger partial charge in [-0.05, 0) is 42.7 Å². The number of furan rings is 1. The summed E-state index contributed by atoms with van der Waals surface area (Å²) in [6, 6.07) is 10.3. The molecular weight excluding hydrogens is 354 g/mol. The molecular formula is C18H23N3O4S. The fourth-order valence-corrected chi connectivity index (χ4v) is 4.12. The van der Waals surface area contributed by atoms with Gasteiger partial charge >= 0.3 is 0 Å². The van der Waals surface area contributed by atoms with Crippen LogP contribution < -0.4 is 10.0 Å². The quantitative estimate of drug-likeness (QED) is 0.810. The highest BCUT2D eigenvalue weighted by Crippen LogP contribution is 2.14. The maximum Gasteiger partial charge on any atom is 0.291 e. The molecule has 1 aromatic heterocycles. The van der Waals surface area contributed by atoms with Crippen molar-refractivity contribution in [2.45, 2.75) is 32.2 Å². The zero-order valence-electron chi connectivity index (χ0n) is 14.5. The molecule has 1 aliphatic rings. The maximum absolute atomic E-state index is 12.4. The van der Waals surface area contributed by atoms with E-state index in [-0.39, 0.29) is 18.2 Å². The minimum atomic E-state index is -3.46. The molecule has 8 heteroatoms. The predicted octanol–water partition coefficient (Wildman–Crippen LogP) is 2.74. The first kappa shape index (κ1) is 18.6. The van der Waals surface area contributed by atoms with E-state index >= 15 is 0 Å². The molecule has 2 aromatic rings. The lowest BCUT2D eigenvalue weighted by Gasteiger charge is -2.20. The lowest BCUT2D eigenvalue weighted by molar-refractivity contribution is 0.0996. The summed E-state index contributed by atoms with van der Waals surface area (Å²) in [5, 5.41) is 2.72. The summed E-state index contributed by atoms with van der Waals surface area (Å²) in [4.78, 5) is 11.9. The van der Waals surface area contributed by atoms with Crippen molar-refractivity contribution in [3.05, 3.63) is 54.0 Å². The first-order chi connectivity index (χ1) is 12.5. The van der Waals surface area contributed by atoms with Crippen molar-refractivity contribution in [3.63, 3.8) is 0 Å². The van der Waals surface area contributed by atoms with Gasteiger partial charge in [-0.15, -0.1) is 0 Å². The molecule has 0 bridgehead atoms. The van der Waals surface area contributed by atoms with Crippen LogP contribution in [0.15, 0.2) is 47.1 Å². The first-order valence-corrected chi connectivity index (χ1v) is 10.2. The van der Waals surface area contributed by atoms with Crippen molar-refractivity contribution in [1.82, 2.24) is 9.03 Å². The molecule has 1 saturated heterocycles. The SMILES string of the molecule is O=C(Nc1ccc(CNS(=O)(=O)N2CCCCCC2)cc1)c1ccco1. The number of nitrogens with one attached hydrogen (secondary N) is 2. The average molecular weight is 377 g/mol. The molecule has 0 saturated carbocycles. The Labute approximate surface area is 153 Å². The minimum Gasteiger partial charge on any atom is -0.459 e. The highest BCUT2D eigenvalue weighted by atomic mass is 32.2. The van der Waals surface area contributed by atoms with E-state index in [9.17, 15) is 13.2 Å². The maximum atomic E-state index is 12.4. The molecule has 0 unspecified atom stereocenters. The van der Waals surface area contributed by atoms with E-state index in [1.54, 1.807) is 36.4 Å². The van der Waals surface area contributed by atoms with Crippen LogP contribution in [0.3, 0.4) is 0 Å². The Bertz CT molecular complexity index is 809. The topological polar surface area (TPSA) is 91.7 Å². The van der Waals surface area contributed by atoms with Gasteiger partial charge in [0.15, 0.2) is 5.76 Å². The van der Waals surface area contributed by atoms with Crippen molar-refractivity contribution in [3.8, 4) is 0 Å². The highest BCUT2D eigenvalue weighted by molar-refractivity contribution is 7.87. The normalized spacial score (nSPS) is 16.2. The summed E-state index contributed by atoms with van der Waals surface area (Å²) in [6.45, 7) is 1.37. The number of carbonyl (C=O) groups is 1. The summed E-state index contributed by atoms with van der Waals surface area (Å²) < 4.78 is 34.0. The highest BCUT2D eigenvalue weighted by Gasteiger charge is 2.22. The van der Waals surface area contributed by atoms with E-state index in [0.29, 0.717) is 18.8 Å². The monoisotopic (exact) mass is 377 g/mol. The van der Waals surface area contributed by atoms with E-state index in [1.165, 1.54) is 10.6 Å². The molecule has 26 heavy (non-hydrogen) atoms. The smallest absolute Gasteiger partial charge is 0.291 e. The van der Waals surface area contributed by atoms with Crippen molar-refractivity contribution < 1.29 is 17.6 Å². The summed E-state index contributed by atoms with van der Waals surface area (Å²) in [7, 11) is -3.46. The van der Waals surface area contributed by atoms with E-state index in [0.717, 1.165) is 31.2 Å². The number of anilines is 1. The second kappa shape index (κ2) is 8.48. The predicted molar refractivity (Wildman–Crippen MR) is 98.9 cm³/mol. The third-order valence-electron chi connectivity index (χ3n) is 4.32. The zero-order valence-corrected chi connectivity index (χ0v) is 15.3. The Morgan fingerprint density at radius 1 is 1.04 bits per heavy atom. The third-order valence-corrected chi connectivity index (χ3v) is 5.87. The van der Waals surface area contributed by atoms with Crippen LogP contribution in [0.4, 0.5) is 5.69 Å². The Balaban J connectivity index is 1.54. The molecule has 1 fully saturated rings. The molecule has 3 rings (SSSR count). The van der Waals surface area contributed by atoms with Crippen LogP contribution >= 0.6 is 0 Å². The molecule has 0 aliphatic carbocycles. The van der Waals surface area contributed by atoms with Crippen LogP contribution in [-0.4, -0.2) is 31.7 Å². The van der Waals surface area contributed by atoms with E-state index in [4.69, 9.17) is 4.42 Å². The average Bonchev–Trinajstić information content (AvgIpc) is 3.03. The first-order valence-electron chi connectivity index (χ1n) is 8.73.